The Hall–Kier alpha value is -7.61. The second-order valence-electron chi connectivity index (χ2n) is 24.0. The number of hydrogen-bond acceptors (Lipinski definition) is 17. The molecule has 5 aliphatic rings. The van der Waals surface area contributed by atoms with Crippen LogP contribution in [0.5, 0.6) is 11.8 Å². The fourth-order valence-corrected chi connectivity index (χ4v) is 13.6. The second-order valence-corrected chi connectivity index (χ2v) is 24.0. The van der Waals surface area contributed by atoms with Crippen LogP contribution in [0, 0.1) is 29.9 Å². The number of ether oxygens (including phenoxy) is 1. The van der Waals surface area contributed by atoms with Crippen LogP contribution in [0.1, 0.15) is 95.1 Å². The van der Waals surface area contributed by atoms with E-state index in [4.69, 9.17) is 20.7 Å². The minimum absolute atomic E-state index is 0.00786. The van der Waals surface area contributed by atoms with Crippen LogP contribution < -0.4 is 41.1 Å². The van der Waals surface area contributed by atoms with E-state index in [0.717, 1.165) is 74.2 Å². The molecule has 83 heavy (non-hydrogen) atoms. The molecule has 0 saturated carbocycles. The first kappa shape index (κ1) is 55.9. The Labute approximate surface area is 480 Å². The van der Waals surface area contributed by atoms with Crippen molar-refractivity contribution >= 4 is 44.9 Å². The van der Waals surface area contributed by atoms with Gasteiger partial charge in [0.2, 0.25) is 5.91 Å². The van der Waals surface area contributed by atoms with Gasteiger partial charge < -0.3 is 50.5 Å². The maximum atomic E-state index is 17.2. The van der Waals surface area contributed by atoms with E-state index in [1.807, 2.05) is 58.2 Å². The van der Waals surface area contributed by atoms with Crippen LogP contribution in [0.25, 0.3) is 44.2 Å². The monoisotopic (exact) mass is 1130 g/mol. The standard InChI is InChI=1S/C62H71F2N13O6/c1-6-46-49(63)14-11-39-25-44(78)26-47(53(39)46)55-54(64)56-48(31-67-55)58(76-33-41-12-13-42(34-76)72-41)74-60(73-56)82-22-17-40-23-36(15-18-66-40)24-43-29-65-20-21-77(43)51-32-70-83-57(51)61(3,4)28-52(80)62(27-45(79)30-68-62)59(81)71-35(2)37-7-9-38(10-8-37)50-16-19-69-75(50)5/h1,7-11,14,16,19,25-26,31-32,35-36,40-43,45,65-66,68,72,78-79H,12-13,15,17-18,20-24,27-30,33-34H2,2-5H3,(H,71,81)/t35-,36?,40?,41?,42?,43?,45?,62-/m0/s1. The summed E-state index contributed by atoms with van der Waals surface area (Å²) in [5.74, 6) is 1.45. The fraction of sp³-hybridized carbons (Fsp3) is 0.468. The van der Waals surface area contributed by atoms with E-state index in [9.17, 15) is 19.8 Å². The number of fused-ring (bicyclic) bond motifs is 4. The molecule has 0 aliphatic carbocycles. The summed E-state index contributed by atoms with van der Waals surface area (Å²) < 4.78 is 46.6. The third-order valence-electron chi connectivity index (χ3n) is 17.9. The number of aliphatic hydroxyl groups excluding tert-OH is 1. The van der Waals surface area contributed by atoms with Crippen molar-refractivity contribution in [3.05, 3.63) is 102 Å². The summed E-state index contributed by atoms with van der Waals surface area (Å²) in [7, 11) is 1.88. The van der Waals surface area contributed by atoms with Crippen molar-refractivity contribution in [3.63, 3.8) is 0 Å². The number of pyridine rings is 1. The zero-order chi connectivity index (χ0) is 57.7. The van der Waals surface area contributed by atoms with Gasteiger partial charge in [-0.05, 0) is 98.7 Å². The molecule has 8 atom stereocenters. The number of piperazine rings is 2. The number of aliphatic hydroxyl groups is 1. The van der Waals surface area contributed by atoms with E-state index in [-0.39, 0.29) is 95.4 Å². The Morgan fingerprint density at radius 1 is 1.04 bits per heavy atom. The lowest BCUT2D eigenvalue weighted by molar-refractivity contribution is -0.138. The number of aryl methyl sites for hydroxylation is 1. The van der Waals surface area contributed by atoms with Crippen molar-refractivity contribution in [3.8, 4) is 46.6 Å². The topological polar surface area (TPSA) is 233 Å². The van der Waals surface area contributed by atoms with Crippen molar-refractivity contribution in [1.82, 2.24) is 56.5 Å². The predicted octanol–water partition coefficient (Wildman–Crippen LogP) is 6.35. The third kappa shape index (κ3) is 11.0. The minimum Gasteiger partial charge on any atom is -0.508 e. The molecule has 0 radical (unpaired) electrons. The van der Waals surface area contributed by atoms with E-state index in [2.05, 4.69) is 62.5 Å². The van der Waals surface area contributed by atoms with E-state index in [1.165, 1.54) is 30.5 Å². The first-order valence-electron chi connectivity index (χ1n) is 29.0. The van der Waals surface area contributed by atoms with Gasteiger partial charge >= 0.3 is 6.01 Å². The van der Waals surface area contributed by atoms with Gasteiger partial charge in [0.15, 0.2) is 22.9 Å². The molecule has 5 fully saturated rings. The number of rotatable bonds is 17. The molecular formula is C62H71F2N13O6. The summed E-state index contributed by atoms with van der Waals surface area (Å²) in [5, 5.41) is 48.4. The molecule has 0 spiro atoms. The predicted molar refractivity (Wildman–Crippen MR) is 311 cm³/mol. The van der Waals surface area contributed by atoms with Crippen molar-refractivity contribution in [2.45, 2.75) is 119 Å². The fourth-order valence-electron chi connectivity index (χ4n) is 13.6. The van der Waals surface area contributed by atoms with Gasteiger partial charge in [0.1, 0.15) is 34.3 Å². The van der Waals surface area contributed by atoms with Crippen molar-refractivity contribution in [2.75, 3.05) is 62.2 Å². The first-order valence-corrected chi connectivity index (χ1v) is 29.0. The number of terminal acetylenes is 1. The number of phenolic OH excluding ortho intramolecular Hbond substituents is 1. The molecular weight excluding hydrogens is 1060 g/mol. The summed E-state index contributed by atoms with van der Waals surface area (Å²) in [6.45, 7) is 10.5. The molecule has 12 rings (SSSR count). The number of nitrogens with zero attached hydrogens (tertiary/aromatic N) is 8. The number of piperidine rings is 1. The number of carbonyl (C=O) groups is 2. The van der Waals surface area contributed by atoms with Gasteiger partial charge in [-0.1, -0.05) is 55.3 Å². The van der Waals surface area contributed by atoms with Crippen LogP contribution in [0.3, 0.4) is 0 Å². The number of benzene rings is 3. The van der Waals surface area contributed by atoms with Gasteiger partial charge in [-0.2, -0.15) is 15.1 Å². The Balaban J connectivity index is 0.721. The molecule has 5 aliphatic heterocycles. The summed E-state index contributed by atoms with van der Waals surface area (Å²) in [4.78, 5) is 47.7. The summed E-state index contributed by atoms with van der Waals surface area (Å²) in [6, 6.07) is 15.6. The Kier molecular flexibility index (Phi) is 15.4. The average molecular weight is 1130 g/mol. The molecule has 1 amide bonds. The largest absolute Gasteiger partial charge is 0.508 e. The normalized spacial score (nSPS) is 24.1. The van der Waals surface area contributed by atoms with Crippen LogP contribution >= 0.6 is 0 Å². The number of amides is 1. The van der Waals surface area contributed by atoms with E-state index in [0.29, 0.717) is 54.3 Å². The van der Waals surface area contributed by atoms with Crippen LogP contribution in [-0.4, -0.2) is 140 Å². The first-order chi connectivity index (χ1) is 40.0. The average Bonchev–Trinajstić information content (AvgIpc) is 4.20. The number of Topliss-reactive ketones (excluding diaryl/α,β-unsaturated/α-hetero) is 1. The van der Waals surface area contributed by atoms with Gasteiger partial charge in [-0.3, -0.25) is 24.6 Å². The molecule has 19 nitrogen and oxygen atoms in total. The lowest BCUT2D eigenvalue weighted by Gasteiger charge is -2.41. The Morgan fingerprint density at radius 2 is 1.84 bits per heavy atom. The molecule has 434 valence electrons. The lowest BCUT2D eigenvalue weighted by Crippen LogP contribution is -2.60. The number of aromatic hydroxyl groups is 1. The number of aromatic nitrogens is 6. The SMILES string of the molecule is C#Cc1c(F)ccc2cc(O)cc(-c3ncc4c(N5CC6CCC(C5)N6)nc(OCCC5CC(CC6CNCCN6c6cnoc6C(C)(C)CC(=O)[C@]6(C(=O)N[C@@H](C)c7ccc(-c8ccnn8C)cc7)CC(O)CN6)CCN5)nc4c3F)c12. The number of anilines is 2. The molecule has 3 aromatic carbocycles. The molecule has 9 heterocycles. The summed E-state index contributed by atoms with van der Waals surface area (Å²) in [6.07, 6.45) is 15.3. The van der Waals surface area contributed by atoms with Gasteiger partial charge in [0.05, 0.1) is 41.6 Å². The summed E-state index contributed by atoms with van der Waals surface area (Å²) >= 11 is 0. The molecule has 6 unspecified atom stereocenters. The molecule has 7 N–H and O–H groups in total. The zero-order valence-corrected chi connectivity index (χ0v) is 47.2. The summed E-state index contributed by atoms with van der Waals surface area (Å²) in [5.41, 5.74) is 1.04. The van der Waals surface area contributed by atoms with Crippen molar-refractivity contribution in [1.29, 1.82) is 0 Å². The Morgan fingerprint density at radius 3 is 2.59 bits per heavy atom. The van der Waals surface area contributed by atoms with Crippen LogP contribution in [0.15, 0.2) is 77.7 Å². The number of phenols is 1. The van der Waals surface area contributed by atoms with Crippen molar-refractivity contribution in [2.24, 2.45) is 13.0 Å². The van der Waals surface area contributed by atoms with Crippen LogP contribution in [0.4, 0.5) is 20.3 Å². The van der Waals surface area contributed by atoms with Gasteiger partial charge in [0.25, 0.3) is 0 Å². The highest BCUT2D eigenvalue weighted by Gasteiger charge is 2.53. The van der Waals surface area contributed by atoms with E-state index in [1.54, 1.807) is 17.1 Å². The zero-order valence-electron chi connectivity index (χ0n) is 47.2. The number of β-amino-alcohol motifs (C(OH)–C–C–N with tert-alkyl or cyclic N) is 1. The molecule has 21 heteroatoms. The number of carbonyl (C=O) groups excluding carboxylic acids is 2. The maximum absolute atomic E-state index is 17.2. The highest BCUT2D eigenvalue weighted by molar-refractivity contribution is 6.11. The molecule has 5 saturated heterocycles. The molecule has 2 bridgehead atoms. The highest BCUT2D eigenvalue weighted by Crippen LogP contribution is 2.42. The van der Waals surface area contributed by atoms with Crippen molar-refractivity contribution < 1.29 is 37.8 Å². The van der Waals surface area contributed by atoms with E-state index < -0.39 is 40.6 Å². The molecule has 4 aromatic heterocycles. The maximum Gasteiger partial charge on any atom is 0.319 e. The van der Waals surface area contributed by atoms with Crippen LogP contribution in [0.2, 0.25) is 0 Å². The Bertz CT molecular complexity index is 3610. The second kappa shape index (κ2) is 22.9. The number of hydrogen-bond donors (Lipinski definition) is 7. The smallest absolute Gasteiger partial charge is 0.319 e. The van der Waals surface area contributed by atoms with Crippen LogP contribution in [-0.2, 0) is 22.1 Å². The molecule has 7 aromatic rings. The number of halogens is 2. The lowest BCUT2D eigenvalue weighted by atomic mass is 9.77. The van der Waals surface area contributed by atoms with Gasteiger partial charge in [0, 0.05) is 112 Å². The number of nitrogens with one attached hydrogen (secondary N) is 5. The minimum atomic E-state index is -1.65. The quantitative estimate of drug-likeness (QED) is 0.0389. The van der Waals surface area contributed by atoms with Gasteiger partial charge in [-0.15, -0.1) is 6.42 Å². The van der Waals surface area contributed by atoms with E-state index >= 15 is 8.78 Å². The third-order valence-corrected chi connectivity index (χ3v) is 17.9. The highest BCUT2D eigenvalue weighted by atomic mass is 19.1. The van der Waals surface area contributed by atoms with Gasteiger partial charge in [-0.25, -0.2) is 8.78 Å². The number of ketones is 1.